The van der Waals surface area contributed by atoms with Gasteiger partial charge in [-0.3, -0.25) is 0 Å². The summed E-state index contributed by atoms with van der Waals surface area (Å²) in [7, 11) is 0. The molecule has 7 atom stereocenters. The summed E-state index contributed by atoms with van der Waals surface area (Å²) in [5.74, 6) is 1.81. The van der Waals surface area contributed by atoms with E-state index in [1.807, 2.05) is 13.8 Å². The van der Waals surface area contributed by atoms with Gasteiger partial charge in [0.25, 0.3) is 0 Å². The van der Waals surface area contributed by atoms with E-state index in [0.717, 1.165) is 17.6 Å². The van der Waals surface area contributed by atoms with Gasteiger partial charge in [0, 0.05) is 7.29 Å². The smallest absolute Gasteiger partial charge is 0.210 e. The van der Waals surface area contributed by atoms with Crippen LogP contribution in [0.3, 0.4) is 0 Å². The van der Waals surface area contributed by atoms with Gasteiger partial charge in [0.1, 0.15) is 0 Å². The minimum atomic E-state index is -1.51. The van der Waals surface area contributed by atoms with E-state index in [9.17, 15) is 5.11 Å². The SMILES string of the molecule is [2H]O[C@]1([2H])CC(=CC=C2CCC[C@@]3(C)C2CC[C@@H]3[C@H](C)C=C[C@H](C)C(C)(C)O)C(=C)CC1[2H]. The van der Waals surface area contributed by atoms with Crippen molar-refractivity contribution in [1.82, 2.24) is 0 Å². The highest BCUT2D eigenvalue weighted by Gasteiger charge is 2.50. The maximum absolute atomic E-state index is 10.3. The predicted octanol–water partition coefficient (Wildman–Crippen LogP) is 6.76. The van der Waals surface area contributed by atoms with Gasteiger partial charge in [-0.05, 0) is 93.9 Å². The van der Waals surface area contributed by atoms with Crippen molar-refractivity contribution in [3.63, 3.8) is 0 Å². The standard InChI is InChI=1S/C28H44O2/c1-19-10-14-24(29)18-23(19)13-12-22-8-7-17-28(6)25(15-16-26(22)28)20(2)9-11-21(3)27(4,5)30/h9,11-13,20-21,24-26,29-30H,1,7-8,10,14-18H2,2-6H3/t20-,21+,24+,25-,26?,28-/m1/s1/i14D,24D,29D/t14?,20-,21+,24+,25-,26?,28-. The van der Waals surface area contributed by atoms with Gasteiger partial charge in [-0.2, -0.15) is 0 Å². The summed E-state index contributed by atoms with van der Waals surface area (Å²) in [5, 5.41) is 14.9. The second-order valence-corrected chi connectivity index (χ2v) is 10.9. The Morgan fingerprint density at radius 1 is 1.27 bits per heavy atom. The van der Waals surface area contributed by atoms with E-state index in [-0.39, 0.29) is 17.8 Å². The molecular formula is C28H44O2. The second-order valence-electron chi connectivity index (χ2n) is 10.9. The Kier molecular flexibility index (Phi) is 5.98. The molecule has 0 radical (unpaired) electrons. The lowest BCUT2D eigenvalue weighted by Gasteiger charge is -2.44. The van der Waals surface area contributed by atoms with Crippen molar-refractivity contribution in [2.45, 2.75) is 97.6 Å². The van der Waals surface area contributed by atoms with E-state index in [1.54, 1.807) is 0 Å². The minimum Gasteiger partial charge on any atom is -0.393 e. The van der Waals surface area contributed by atoms with Gasteiger partial charge in [0.2, 0.25) is 1.43 Å². The van der Waals surface area contributed by atoms with Crippen molar-refractivity contribution >= 4 is 0 Å². The summed E-state index contributed by atoms with van der Waals surface area (Å²) in [4.78, 5) is 0. The van der Waals surface area contributed by atoms with Crippen molar-refractivity contribution in [3.05, 3.63) is 47.6 Å². The molecule has 2 N–H and O–H groups in total. The van der Waals surface area contributed by atoms with Crippen LogP contribution < -0.4 is 0 Å². The van der Waals surface area contributed by atoms with Gasteiger partial charge >= 0.3 is 0 Å². The van der Waals surface area contributed by atoms with Gasteiger partial charge in [0.05, 0.1) is 13.1 Å². The van der Waals surface area contributed by atoms with E-state index in [0.29, 0.717) is 24.2 Å². The Balaban J connectivity index is 1.78. The number of allylic oxidation sites excluding steroid dienone is 5. The largest absolute Gasteiger partial charge is 0.393 e. The van der Waals surface area contributed by atoms with Crippen LogP contribution >= 0.6 is 0 Å². The van der Waals surface area contributed by atoms with Crippen molar-refractivity contribution in [3.8, 4) is 0 Å². The highest BCUT2D eigenvalue weighted by atomic mass is 16.3. The Bertz CT molecular complexity index is 823. The number of hydrogen-bond acceptors (Lipinski definition) is 2. The third-order valence-electron chi connectivity index (χ3n) is 8.38. The fraction of sp³-hybridized carbons (Fsp3) is 0.714. The maximum Gasteiger partial charge on any atom is 0.210 e. The Labute approximate surface area is 189 Å². The predicted molar refractivity (Wildman–Crippen MR) is 127 cm³/mol. The van der Waals surface area contributed by atoms with E-state index in [4.69, 9.17) is 4.17 Å². The molecule has 3 fully saturated rings. The molecule has 0 saturated heterocycles. The molecule has 0 aliphatic heterocycles. The topological polar surface area (TPSA) is 40.5 Å². The normalized spacial score (nSPS) is 44.0. The van der Waals surface area contributed by atoms with Crippen LogP contribution in [-0.4, -0.2) is 23.3 Å². The molecule has 30 heavy (non-hydrogen) atoms. The molecule has 2 unspecified atom stereocenters. The molecule has 3 aliphatic rings. The lowest BCUT2D eigenvalue weighted by molar-refractivity contribution is 0.0436. The molecule has 0 spiro atoms. The molecule has 0 aromatic carbocycles. The third-order valence-corrected chi connectivity index (χ3v) is 8.38. The summed E-state index contributed by atoms with van der Waals surface area (Å²) in [6, 6.07) is 0. The molecular weight excluding hydrogens is 368 g/mol. The zero-order valence-corrected chi connectivity index (χ0v) is 19.7. The van der Waals surface area contributed by atoms with Gasteiger partial charge in [-0.25, -0.2) is 0 Å². The molecule has 0 amide bonds. The average molecular weight is 416 g/mol. The first-order valence-corrected chi connectivity index (χ1v) is 11.9. The summed E-state index contributed by atoms with van der Waals surface area (Å²) in [6.45, 7) is 14.8. The van der Waals surface area contributed by atoms with Gasteiger partial charge in [-0.15, -0.1) is 0 Å². The zero-order chi connectivity index (χ0) is 24.6. The van der Waals surface area contributed by atoms with Crippen molar-refractivity contribution in [2.75, 3.05) is 0 Å². The van der Waals surface area contributed by atoms with Crippen LogP contribution in [0.5, 0.6) is 0 Å². The first kappa shape index (κ1) is 19.6. The van der Waals surface area contributed by atoms with Crippen LogP contribution in [0.25, 0.3) is 0 Å². The summed E-state index contributed by atoms with van der Waals surface area (Å²) in [6.07, 6.45) is 13.3. The summed E-state index contributed by atoms with van der Waals surface area (Å²) < 4.78 is 23.7. The first-order chi connectivity index (χ1) is 15.3. The minimum absolute atomic E-state index is 0.127. The fourth-order valence-corrected chi connectivity index (χ4v) is 5.99. The van der Waals surface area contributed by atoms with Crippen LogP contribution in [0.2, 0.25) is 0 Å². The van der Waals surface area contributed by atoms with Crippen LogP contribution in [0.15, 0.2) is 47.6 Å². The number of rotatable bonds is 6. The molecule has 0 aromatic rings. The lowest BCUT2D eigenvalue weighted by Crippen LogP contribution is -2.35. The number of aliphatic hydroxyl groups is 2. The molecule has 0 bridgehead atoms. The monoisotopic (exact) mass is 415 g/mol. The van der Waals surface area contributed by atoms with E-state index in [1.165, 1.54) is 31.3 Å². The molecule has 3 saturated carbocycles. The maximum atomic E-state index is 10.3. The highest BCUT2D eigenvalue weighted by molar-refractivity contribution is 5.36. The van der Waals surface area contributed by atoms with E-state index < -0.39 is 18.1 Å². The third kappa shape index (κ3) is 5.02. The molecule has 3 aliphatic carbocycles. The van der Waals surface area contributed by atoms with Gasteiger partial charge in [0.15, 0.2) is 0 Å². The zero-order valence-electron chi connectivity index (χ0n) is 22.7. The Morgan fingerprint density at radius 3 is 2.73 bits per heavy atom. The highest BCUT2D eigenvalue weighted by Crippen LogP contribution is 2.59. The van der Waals surface area contributed by atoms with Crippen LogP contribution in [-0.2, 0) is 0 Å². The summed E-state index contributed by atoms with van der Waals surface area (Å²) >= 11 is 0. The quantitative estimate of drug-likeness (QED) is 0.471. The second kappa shape index (κ2) is 9.17. The number of hydrogen-bond donors (Lipinski definition) is 2. The summed E-state index contributed by atoms with van der Waals surface area (Å²) in [5.41, 5.74) is 2.94. The van der Waals surface area contributed by atoms with E-state index >= 15 is 0 Å². The molecule has 2 heteroatoms. The molecule has 0 aromatic heterocycles. The van der Waals surface area contributed by atoms with Gasteiger partial charge in [-0.1, -0.05) is 62.8 Å². The number of fused-ring (bicyclic) bond motifs is 1. The van der Waals surface area contributed by atoms with Crippen molar-refractivity contribution < 1.29 is 13.0 Å². The molecule has 0 heterocycles. The van der Waals surface area contributed by atoms with Crippen molar-refractivity contribution in [2.24, 2.45) is 29.1 Å². The van der Waals surface area contributed by atoms with Crippen LogP contribution in [0.4, 0.5) is 0 Å². The van der Waals surface area contributed by atoms with E-state index in [2.05, 4.69) is 56.8 Å². The first-order valence-electron chi connectivity index (χ1n) is 13.4. The Hall–Kier alpha value is -1.12. The van der Waals surface area contributed by atoms with Crippen LogP contribution in [0.1, 0.15) is 88.7 Å². The lowest BCUT2D eigenvalue weighted by atomic mass is 9.61. The Morgan fingerprint density at radius 2 is 2.03 bits per heavy atom. The van der Waals surface area contributed by atoms with Crippen LogP contribution in [0, 0.1) is 29.1 Å². The fourth-order valence-electron chi connectivity index (χ4n) is 5.99. The molecule has 3 rings (SSSR count). The molecule has 168 valence electrons. The average Bonchev–Trinajstić information content (AvgIpc) is 3.10. The van der Waals surface area contributed by atoms with Crippen molar-refractivity contribution in [1.29, 1.82) is 1.43 Å². The molecule has 2 nitrogen and oxygen atoms in total. The van der Waals surface area contributed by atoms with Gasteiger partial charge < -0.3 is 10.2 Å².